The number of carbonyl (C=O) groups excluding carboxylic acids is 2. The summed E-state index contributed by atoms with van der Waals surface area (Å²) < 4.78 is 6.31. The van der Waals surface area contributed by atoms with Crippen LogP contribution in [0.15, 0.2) is 42.5 Å². The van der Waals surface area contributed by atoms with Gasteiger partial charge in [-0.05, 0) is 38.1 Å². The molecular weight excluding hydrogens is 396 g/mol. The molecule has 150 valence electrons. The van der Waals surface area contributed by atoms with E-state index in [0.29, 0.717) is 11.7 Å². The monoisotopic (exact) mass is 414 g/mol. The first-order valence-electron chi connectivity index (χ1n) is 8.77. The molecule has 0 fully saturated rings. The number of carbonyl (C=O) groups is 2. The van der Waals surface area contributed by atoms with Gasteiger partial charge >= 0.3 is 0 Å². The fraction of sp³-hybridized carbons (Fsp3) is 0.211. The Labute approximate surface area is 169 Å². The molecule has 1 unspecified atom stereocenters. The lowest BCUT2D eigenvalue weighted by Gasteiger charge is -2.12. The Kier molecular flexibility index (Phi) is 6.03. The van der Waals surface area contributed by atoms with Crippen LogP contribution in [0.3, 0.4) is 0 Å². The number of hydrogen-bond donors (Lipinski definition) is 2. The van der Waals surface area contributed by atoms with Crippen molar-refractivity contribution in [1.29, 1.82) is 0 Å². The second kappa shape index (κ2) is 8.65. The molecule has 2 amide bonds. The number of benzene rings is 2. The van der Waals surface area contributed by atoms with Crippen LogP contribution < -0.4 is 15.4 Å². The number of rotatable bonds is 7. The zero-order valence-corrected chi connectivity index (χ0v) is 16.5. The molecule has 2 aromatic carbocycles. The molecule has 29 heavy (non-hydrogen) atoms. The molecule has 2 N–H and O–H groups in total. The van der Waals surface area contributed by atoms with E-state index in [1.165, 1.54) is 36.5 Å². The predicted molar refractivity (Wildman–Crippen MR) is 109 cm³/mol. The maximum absolute atomic E-state index is 12.4. The lowest BCUT2D eigenvalue weighted by atomic mass is 10.1. The first-order chi connectivity index (χ1) is 13.9. The summed E-state index contributed by atoms with van der Waals surface area (Å²) in [5.74, 6) is -0.311. The average molecular weight is 414 g/mol. The number of nitro benzene ring substituents is 1. The first-order valence-corrected chi connectivity index (χ1v) is 9.58. The van der Waals surface area contributed by atoms with Gasteiger partial charge in [0.2, 0.25) is 5.91 Å². The third-order valence-electron chi connectivity index (χ3n) is 3.96. The highest BCUT2D eigenvalue weighted by Crippen LogP contribution is 2.29. The van der Waals surface area contributed by atoms with E-state index in [0.717, 1.165) is 22.0 Å². The van der Waals surface area contributed by atoms with Crippen molar-refractivity contribution in [2.24, 2.45) is 0 Å². The number of nitro groups is 1. The topological polar surface area (TPSA) is 123 Å². The van der Waals surface area contributed by atoms with E-state index >= 15 is 0 Å². The molecule has 0 saturated carbocycles. The highest BCUT2D eigenvalue weighted by molar-refractivity contribution is 7.22. The summed E-state index contributed by atoms with van der Waals surface area (Å²) in [6.45, 7) is 3.96. The van der Waals surface area contributed by atoms with Crippen LogP contribution in [0.2, 0.25) is 0 Å². The molecule has 0 aliphatic heterocycles. The molecule has 1 aromatic heterocycles. The van der Waals surface area contributed by atoms with Gasteiger partial charge in [0.05, 0.1) is 21.7 Å². The van der Waals surface area contributed by atoms with E-state index < -0.39 is 22.8 Å². The molecule has 0 saturated heterocycles. The fourth-order valence-corrected chi connectivity index (χ4v) is 3.43. The summed E-state index contributed by atoms with van der Waals surface area (Å²) in [6.07, 6.45) is 0. The maximum Gasteiger partial charge on any atom is 0.270 e. The van der Waals surface area contributed by atoms with Crippen LogP contribution in [0, 0.1) is 10.1 Å². The van der Waals surface area contributed by atoms with Crippen LogP contribution in [0.4, 0.5) is 10.8 Å². The largest absolute Gasteiger partial charge is 0.494 e. The lowest BCUT2D eigenvalue weighted by Crippen LogP contribution is -2.41. The fourth-order valence-electron chi connectivity index (χ4n) is 2.53. The van der Waals surface area contributed by atoms with Crippen LogP contribution in [0.25, 0.3) is 10.2 Å². The minimum Gasteiger partial charge on any atom is -0.494 e. The summed E-state index contributed by atoms with van der Waals surface area (Å²) in [4.78, 5) is 39.3. The van der Waals surface area contributed by atoms with Gasteiger partial charge in [-0.2, -0.15) is 0 Å². The molecule has 3 aromatic rings. The Hall–Kier alpha value is -3.53. The second-order valence-corrected chi connectivity index (χ2v) is 7.10. The molecule has 9 nitrogen and oxygen atoms in total. The standard InChI is InChI=1S/C19H18N4O5S/c1-3-28-14-7-8-15-16(10-14)29-19(21-15)22-17(24)11(2)20-18(25)12-5-4-6-13(9-12)23(26)27/h4-11H,3H2,1-2H3,(H,20,25)(H,21,22,24). The molecule has 0 spiro atoms. The Bertz CT molecular complexity index is 1080. The molecule has 10 heteroatoms. The predicted octanol–water partition coefficient (Wildman–Crippen LogP) is 3.36. The van der Waals surface area contributed by atoms with Gasteiger partial charge in [0.1, 0.15) is 11.8 Å². The van der Waals surface area contributed by atoms with Gasteiger partial charge in [0.15, 0.2) is 5.13 Å². The van der Waals surface area contributed by atoms with Crippen molar-refractivity contribution >= 4 is 44.2 Å². The van der Waals surface area contributed by atoms with Crippen LogP contribution in [-0.4, -0.2) is 34.4 Å². The van der Waals surface area contributed by atoms with E-state index in [-0.39, 0.29) is 11.3 Å². The SMILES string of the molecule is CCOc1ccc2nc(NC(=O)C(C)NC(=O)c3cccc([N+](=O)[O-])c3)sc2c1. The second-order valence-electron chi connectivity index (χ2n) is 6.07. The van der Waals surface area contributed by atoms with Gasteiger partial charge in [0.25, 0.3) is 11.6 Å². The zero-order valence-electron chi connectivity index (χ0n) is 15.7. The molecule has 1 heterocycles. The number of nitrogens with zero attached hydrogens (tertiary/aromatic N) is 2. The Balaban J connectivity index is 1.65. The zero-order chi connectivity index (χ0) is 21.0. The number of aromatic nitrogens is 1. The van der Waals surface area contributed by atoms with Crippen molar-refractivity contribution < 1.29 is 19.2 Å². The van der Waals surface area contributed by atoms with Crippen LogP contribution in [-0.2, 0) is 4.79 Å². The number of non-ortho nitro benzene ring substituents is 1. The maximum atomic E-state index is 12.4. The summed E-state index contributed by atoms with van der Waals surface area (Å²) in [7, 11) is 0. The van der Waals surface area contributed by atoms with Gasteiger partial charge in [-0.25, -0.2) is 4.98 Å². The minimum atomic E-state index is -0.868. The van der Waals surface area contributed by atoms with Crippen LogP contribution in [0.1, 0.15) is 24.2 Å². The van der Waals surface area contributed by atoms with Crippen LogP contribution in [0.5, 0.6) is 5.75 Å². The molecule has 0 bridgehead atoms. The molecule has 0 aliphatic rings. The number of thiazole rings is 1. The van der Waals surface area contributed by atoms with Crippen molar-refractivity contribution in [2.75, 3.05) is 11.9 Å². The number of amides is 2. The molecule has 1 atom stereocenters. The number of hydrogen-bond acceptors (Lipinski definition) is 7. The molecule has 0 radical (unpaired) electrons. The average Bonchev–Trinajstić information content (AvgIpc) is 3.09. The Morgan fingerprint density at radius 2 is 2.07 bits per heavy atom. The lowest BCUT2D eigenvalue weighted by molar-refractivity contribution is -0.384. The van der Waals surface area contributed by atoms with Crippen molar-refractivity contribution in [3.63, 3.8) is 0 Å². The Morgan fingerprint density at radius 1 is 1.28 bits per heavy atom. The highest BCUT2D eigenvalue weighted by atomic mass is 32.1. The van der Waals surface area contributed by atoms with E-state index in [9.17, 15) is 19.7 Å². The van der Waals surface area contributed by atoms with Gasteiger partial charge in [-0.15, -0.1) is 0 Å². The highest BCUT2D eigenvalue weighted by Gasteiger charge is 2.19. The van der Waals surface area contributed by atoms with E-state index in [1.807, 2.05) is 13.0 Å². The first kappa shape index (κ1) is 20.2. The normalized spacial score (nSPS) is 11.7. The summed E-state index contributed by atoms with van der Waals surface area (Å²) in [5.41, 5.74) is 0.625. The smallest absolute Gasteiger partial charge is 0.270 e. The molecule has 3 rings (SSSR count). The van der Waals surface area contributed by atoms with Gasteiger partial charge in [-0.3, -0.25) is 19.7 Å². The van der Waals surface area contributed by atoms with Crippen molar-refractivity contribution in [3.8, 4) is 5.75 Å². The van der Waals surface area contributed by atoms with Gasteiger partial charge in [0, 0.05) is 17.7 Å². The third-order valence-corrected chi connectivity index (χ3v) is 4.89. The number of fused-ring (bicyclic) bond motifs is 1. The van der Waals surface area contributed by atoms with Gasteiger partial charge < -0.3 is 15.4 Å². The number of anilines is 1. The summed E-state index contributed by atoms with van der Waals surface area (Å²) >= 11 is 1.29. The van der Waals surface area contributed by atoms with Gasteiger partial charge in [-0.1, -0.05) is 17.4 Å². The van der Waals surface area contributed by atoms with Crippen molar-refractivity contribution in [3.05, 3.63) is 58.1 Å². The van der Waals surface area contributed by atoms with E-state index in [4.69, 9.17) is 4.74 Å². The minimum absolute atomic E-state index is 0.0993. The molecular formula is C19H18N4O5S. The summed E-state index contributed by atoms with van der Waals surface area (Å²) in [5, 5.41) is 16.4. The van der Waals surface area contributed by atoms with Crippen molar-refractivity contribution in [1.82, 2.24) is 10.3 Å². The summed E-state index contributed by atoms with van der Waals surface area (Å²) in [6, 6.07) is 9.89. The third kappa shape index (κ3) is 4.85. The van der Waals surface area contributed by atoms with E-state index in [2.05, 4.69) is 15.6 Å². The number of nitrogens with one attached hydrogen (secondary N) is 2. The Morgan fingerprint density at radius 3 is 2.79 bits per heavy atom. The number of ether oxygens (including phenoxy) is 1. The van der Waals surface area contributed by atoms with Crippen molar-refractivity contribution in [2.45, 2.75) is 19.9 Å². The van der Waals surface area contributed by atoms with Crippen LogP contribution >= 0.6 is 11.3 Å². The van der Waals surface area contributed by atoms with E-state index in [1.54, 1.807) is 12.1 Å². The quantitative estimate of drug-likeness (QED) is 0.451. The molecule has 0 aliphatic carbocycles.